The molecule has 6 rings (SSSR count). The fourth-order valence-electron chi connectivity index (χ4n) is 8.18. The van der Waals surface area contributed by atoms with Gasteiger partial charge in [0.25, 0.3) is 0 Å². The number of carbonyl (C=O) groups is 1. The van der Waals surface area contributed by atoms with Crippen LogP contribution in [-0.2, 0) is 4.79 Å². The topological polar surface area (TPSA) is 64.7 Å². The van der Waals surface area contributed by atoms with Crippen molar-refractivity contribution < 1.29 is 4.79 Å². The Labute approximate surface area is 150 Å². The molecule has 3 nitrogen and oxygen atoms in total. The number of Topliss-reactive ketones (excluding diaryl/α,β-unsaturated/α-hetero) is 1. The van der Waals surface area contributed by atoms with E-state index < -0.39 is 5.41 Å². The maximum Gasteiger partial charge on any atom is 0.160 e. The van der Waals surface area contributed by atoms with Crippen LogP contribution in [0.25, 0.3) is 0 Å². The zero-order valence-electron chi connectivity index (χ0n) is 15.1. The highest BCUT2D eigenvalue weighted by molar-refractivity contribution is 5.93. The lowest BCUT2D eigenvalue weighted by Crippen LogP contribution is -2.51. The molecule has 25 heavy (non-hydrogen) atoms. The minimum atomic E-state index is -1.02. The third-order valence-electron chi connectivity index (χ3n) is 8.86. The molecule has 6 aliphatic carbocycles. The highest BCUT2D eigenvalue weighted by Gasteiger charge is 2.81. The first kappa shape index (κ1) is 15.9. The molecule has 1 atom stereocenters. The van der Waals surface area contributed by atoms with Gasteiger partial charge in [0.05, 0.1) is 18.1 Å². The molecule has 0 saturated heterocycles. The number of hydrogen-bond donors (Lipinski definition) is 0. The van der Waals surface area contributed by atoms with Crippen molar-refractivity contribution in [2.75, 3.05) is 0 Å². The van der Waals surface area contributed by atoms with Gasteiger partial charge in [0.2, 0.25) is 0 Å². The van der Waals surface area contributed by atoms with Crippen LogP contribution in [0.2, 0.25) is 0 Å². The van der Waals surface area contributed by atoms with E-state index in [0.717, 1.165) is 62.7 Å². The SMILES string of the molecule is N#CC1(C#N)C(C(=O)C23CC4CC(CC(C4)C2)C3)C12CCCCCC2. The molecule has 6 aliphatic rings. The van der Waals surface area contributed by atoms with Crippen molar-refractivity contribution >= 4 is 5.78 Å². The summed E-state index contributed by atoms with van der Waals surface area (Å²) in [5.74, 6) is 2.26. The third-order valence-corrected chi connectivity index (χ3v) is 8.86. The molecule has 0 amide bonds. The lowest BCUT2D eigenvalue weighted by molar-refractivity contribution is -0.146. The Bertz CT molecular complexity index is 637. The predicted molar refractivity (Wildman–Crippen MR) is 92.9 cm³/mol. The first-order chi connectivity index (χ1) is 12.1. The molecule has 132 valence electrons. The summed E-state index contributed by atoms with van der Waals surface area (Å²) < 4.78 is 0. The molecule has 4 bridgehead atoms. The van der Waals surface area contributed by atoms with Gasteiger partial charge in [-0.1, -0.05) is 25.7 Å². The van der Waals surface area contributed by atoms with Gasteiger partial charge in [-0.25, -0.2) is 0 Å². The average Bonchev–Trinajstić information content (AvgIpc) is 3.25. The smallest absolute Gasteiger partial charge is 0.160 e. The van der Waals surface area contributed by atoms with Gasteiger partial charge in [-0.3, -0.25) is 4.79 Å². The Kier molecular flexibility index (Phi) is 3.23. The minimum Gasteiger partial charge on any atom is -0.299 e. The molecule has 6 saturated carbocycles. The highest BCUT2D eigenvalue weighted by Crippen LogP contribution is 2.77. The number of hydrogen-bond acceptors (Lipinski definition) is 3. The average molecular weight is 336 g/mol. The quantitative estimate of drug-likeness (QED) is 0.729. The first-order valence-corrected chi connectivity index (χ1v) is 10.5. The first-order valence-electron chi connectivity index (χ1n) is 10.5. The molecule has 1 unspecified atom stereocenters. The van der Waals surface area contributed by atoms with Gasteiger partial charge in [0.15, 0.2) is 5.41 Å². The van der Waals surface area contributed by atoms with Crippen LogP contribution in [0.5, 0.6) is 0 Å². The van der Waals surface area contributed by atoms with E-state index in [-0.39, 0.29) is 16.7 Å². The van der Waals surface area contributed by atoms with Crippen molar-refractivity contribution in [3.8, 4) is 12.1 Å². The van der Waals surface area contributed by atoms with E-state index in [4.69, 9.17) is 0 Å². The molecule has 0 heterocycles. The van der Waals surface area contributed by atoms with E-state index in [2.05, 4.69) is 12.1 Å². The van der Waals surface area contributed by atoms with Gasteiger partial charge in [0, 0.05) is 10.8 Å². The number of nitriles is 2. The molecule has 6 fully saturated rings. The largest absolute Gasteiger partial charge is 0.299 e. The molecular formula is C22H28N2O. The normalized spacial score (nSPS) is 45.4. The van der Waals surface area contributed by atoms with Gasteiger partial charge in [-0.05, 0) is 69.1 Å². The number of ketones is 1. The van der Waals surface area contributed by atoms with Crippen molar-refractivity contribution in [3.05, 3.63) is 0 Å². The molecule has 0 aliphatic heterocycles. The number of carbonyl (C=O) groups excluding carboxylic acids is 1. The molecule has 0 radical (unpaired) electrons. The van der Waals surface area contributed by atoms with Crippen molar-refractivity contribution in [2.24, 2.45) is 39.9 Å². The predicted octanol–water partition coefficient (Wildman–Crippen LogP) is 4.78. The van der Waals surface area contributed by atoms with Crippen LogP contribution in [0.1, 0.15) is 77.0 Å². The second-order valence-electron chi connectivity index (χ2n) is 10.1. The van der Waals surface area contributed by atoms with E-state index in [0.29, 0.717) is 5.78 Å². The van der Waals surface area contributed by atoms with Crippen molar-refractivity contribution in [1.82, 2.24) is 0 Å². The Morgan fingerprint density at radius 1 is 0.800 bits per heavy atom. The summed E-state index contributed by atoms with van der Waals surface area (Å²) >= 11 is 0. The molecule has 0 aromatic carbocycles. The Balaban J connectivity index is 1.51. The molecule has 3 heteroatoms. The summed E-state index contributed by atoms with van der Waals surface area (Å²) in [6.07, 6.45) is 13.5. The van der Waals surface area contributed by atoms with Gasteiger partial charge in [-0.2, -0.15) is 10.5 Å². The fourth-order valence-corrected chi connectivity index (χ4v) is 8.18. The maximum atomic E-state index is 13.9. The van der Waals surface area contributed by atoms with Crippen molar-refractivity contribution in [2.45, 2.75) is 77.0 Å². The summed E-state index contributed by atoms with van der Waals surface area (Å²) in [5.41, 5.74) is -1.50. The standard InChI is InChI=1S/C22H28N2O/c23-13-22(14-24)18(21(22)5-3-1-2-4-6-21)19(25)20-10-15-7-16(11-20)9-17(8-15)12-20/h15-18H,1-12H2. The Morgan fingerprint density at radius 2 is 1.28 bits per heavy atom. The van der Waals surface area contributed by atoms with E-state index in [1.165, 1.54) is 32.1 Å². The highest BCUT2D eigenvalue weighted by atomic mass is 16.1. The molecule has 0 aromatic rings. The lowest BCUT2D eigenvalue weighted by Gasteiger charge is -2.56. The fraction of sp³-hybridized carbons (Fsp3) is 0.864. The number of nitrogens with zero attached hydrogens (tertiary/aromatic N) is 2. The summed E-state index contributed by atoms with van der Waals surface area (Å²) in [6.45, 7) is 0. The molecule has 1 spiro atoms. The van der Waals surface area contributed by atoms with E-state index >= 15 is 0 Å². The van der Waals surface area contributed by atoms with E-state index in [1.807, 2.05) is 0 Å². The molecule has 0 N–H and O–H groups in total. The number of rotatable bonds is 2. The van der Waals surface area contributed by atoms with E-state index in [1.54, 1.807) is 0 Å². The Morgan fingerprint density at radius 3 is 1.72 bits per heavy atom. The van der Waals surface area contributed by atoms with Crippen molar-refractivity contribution in [3.63, 3.8) is 0 Å². The summed E-state index contributed by atoms with van der Waals surface area (Å²) in [6, 6.07) is 4.74. The van der Waals surface area contributed by atoms with E-state index in [9.17, 15) is 15.3 Å². The zero-order chi connectivity index (χ0) is 17.3. The minimum absolute atomic E-state index is 0.172. The summed E-state index contributed by atoms with van der Waals surface area (Å²) in [4.78, 5) is 13.9. The third kappa shape index (κ3) is 1.88. The lowest BCUT2D eigenvalue weighted by atomic mass is 9.48. The van der Waals surface area contributed by atoms with Crippen LogP contribution in [0.3, 0.4) is 0 Å². The zero-order valence-corrected chi connectivity index (χ0v) is 15.1. The van der Waals surface area contributed by atoms with Crippen LogP contribution < -0.4 is 0 Å². The van der Waals surface area contributed by atoms with Crippen LogP contribution >= 0.6 is 0 Å². The van der Waals surface area contributed by atoms with Crippen molar-refractivity contribution in [1.29, 1.82) is 10.5 Å². The Hall–Kier alpha value is -1.35. The van der Waals surface area contributed by atoms with Crippen LogP contribution in [0.15, 0.2) is 0 Å². The van der Waals surface area contributed by atoms with Crippen LogP contribution in [0.4, 0.5) is 0 Å². The van der Waals surface area contributed by atoms with Gasteiger partial charge < -0.3 is 0 Å². The molecular weight excluding hydrogens is 308 g/mol. The van der Waals surface area contributed by atoms with Crippen LogP contribution in [-0.4, -0.2) is 5.78 Å². The van der Waals surface area contributed by atoms with Gasteiger partial charge >= 0.3 is 0 Å². The second-order valence-corrected chi connectivity index (χ2v) is 10.1. The van der Waals surface area contributed by atoms with Crippen LogP contribution in [0, 0.1) is 62.6 Å². The van der Waals surface area contributed by atoms with Gasteiger partial charge in [-0.15, -0.1) is 0 Å². The second kappa shape index (κ2) is 5.09. The van der Waals surface area contributed by atoms with Gasteiger partial charge in [0.1, 0.15) is 5.78 Å². The monoisotopic (exact) mass is 336 g/mol. The summed E-state index contributed by atoms with van der Waals surface area (Å²) in [7, 11) is 0. The summed E-state index contributed by atoms with van der Waals surface area (Å²) in [5, 5.41) is 19.9. The maximum absolute atomic E-state index is 13.9. The molecule has 0 aromatic heterocycles.